The van der Waals surface area contributed by atoms with Crippen molar-refractivity contribution in [3.63, 3.8) is 0 Å². The summed E-state index contributed by atoms with van der Waals surface area (Å²) in [6.07, 6.45) is 7.63. The Labute approximate surface area is 138 Å². The number of nitrogens with zero attached hydrogens (tertiary/aromatic N) is 3. The molecule has 0 aliphatic heterocycles. The van der Waals surface area contributed by atoms with Gasteiger partial charge in [-0.05, 0) is 48.6 Å². The van der Waals surface area contributed by atoms with Crippen molar-refractivity contribution < 1.29 is 4.74 Å². The van der Waals surface area contributed by atoms with Crippen LogP contribution >= 0.6 is 11.6 Å². The van der Waals surface area contributed by atoms with Crippen molar-refractivity contribution in [2.45, 2.75) is 18.8 Å². The fourth-order valence-corrected chi connectivity index (χ4v) is 2.69. The van der Waals surface area contributed by atoms with Gasteiger partial charge in [0.25, 0.3) is 0 Å². The first-order chi connectivity index (χ1) is 11.2. The number of ether oxygens (including phenoxy) is 1. The standard InChI is InChI=1S/C17H15ClN4O/c18-14-8-13(22-9-16(19)21-10-22)3-4-15(14)23-17-7-12(5-6-20-17)11-1-2-11/h3-11H,1-2,19H2. The molecular formula is C17H15ClN4O. The molecule has 0 unspecified atom stereocenters. The van der Waals surface area contributed by atoms with Gasteiger partial charge in [-0.15, -0.1) is 0 Å². The Hall–Kier alpha value is -2.53. The number of nitrogen functional groups attached to an aromatic ring is 1. The third-order valence-corrected chi connectivity index (χ3v) is 4.13. The molecule has 0 radical (unpaired) electrons. The van der Waals surface area contributed by atoms with Gasteiger partial charge in [-0.1, -0.05) is 11.6 Å². The minimum absolute atomic E-state index is 0.461. The molecule has 6 heteroatoms. The van der Waals surface area contributed by atoms with Crippen LogP contribution < -0.4 is 10.5 Å². The van der Waals surface area contributed by atoms with Gasteiger partial charge >= 0.3 is 0 Å². The second kappa shape index (κ2) is 5.59. The summed E-state index contributed by atoms with van der Waals surface area (Å²) in [5, 5.41) is 0.508. The zero-order valence-electron chi connectivity index (χ0n) is 12.3. The highest BCUT2D eigenvalue weighted by Crippen LogP contribution is 2.41. The maximum Gasteiger partial charge on any atom is 0.219 e. The van der Waals surface area contributed by atoms with E-state index in [0.717, 1.165) is 5.69 Å². The highest BCUT2D eigenvalue weighted by molar-refractivity contribution is 6.32. The van der Waals surface area contributed by atoms with E-state index in [-0.39, 0.29) is 0 Å². The van der Waals surface area contributed by atoms with Gasteiger partial charge in [0.2, 0.25) is 5.88 Å². The number of imidazole rings is 1. The Morgan fingerprint density at radius 3 is 2.74 bits per heavy atom. The number of halogens is 1. The largest absolute Gasteiger partial charge is 0.437 e. The third kappa shape index (κ3) is 3.00. The minimum Gasteiger partial charge on any atom is -0.437 e. The molecule has 0 spiro atoms. The van der Waals surface area contributed by atoms with E-state index >= 15 is 0 Å². The summed E-state index contributed by atoms with van der Waals surface area (Å²) in [5.74, 6) is 2.26. The number of hydrogen-bond donors (Lipinski definition) is 1. The molecule has 2 aromatic heterocycles. The molecule has 116 valence electrons. The summed E-state index contributed by atoms with van der Waals surface area (Å²) in [6, 6.07) is 9.55. The number of nitrogens with two attached hydrogens (primary N) is 1. The van der Waals surface area contributed by atoms with Crippen LogP contribution in [0.5, 0.6) is 11.6 Å². The first kappa shape index (κ1) is 14.1. The Morgan fingerprint density at radius 1 is 1.17 bits per heavy atom. The van der Waals surface area contributed by atoms with E-state index in [0.29, 0.717) is 28.4 Å². The number of anilines is 1. The topological polar surface area (TPSA) is 66.0 Å². The van der Waals surface area contributed by atoms with E-state index in [2.05, 4.69) is 9.97 Å². The molecule has 0 bridgehead atoms. The average molecular weight is 327 g/mol. The summed E-state index contributed by atoms with van der Waals surface area (Å²) < 4.78 is 7.63. The van der Waals surface area contributed by atoms with Gasteiger partial charge in [-0.2, -0.15) is 0 Å². The molecule has 3 aromatic rings. The summed E-state index contributed by atoms with van der Waals surface area (Å²) in [6.45, 7) is 0. The summed E-state index contributed by atoms with van der Waals surface area (Å²) in [7, 11) is 0. The van der Waals surface area contributed by atoms with Crippen LogP contribution in [-0.4, -0.2) is 14.5 Å². The van der Waals surface area contributed by atoms with Crippen molar-refractivity contribution in [2.75, 3.05) is 5.73 Å². The van der Waals surface area contributed by atoms with Crippen LogP contribution in [0, 0.1) is 0 Å². The monoisotopic (exact) mass is 326 g/mol. The number of benzene rings is 1. The van der Waals surface area contributed by atoms with Crippen molar-refractivity contribution in [1.82, 2.24) is 14.5 Å². The van der Waals surface area contributed by atoms with Gasteiger partial charge < -0.3 is 15.0 Å². The fourth-order valence-electron chi connectivity index (χ4n) is 2.48. The first-order valence-corrected chi connectivity index (χ1v) is 7.80. The molecule has 0 atom stereocenters. The average Bonchev–Trinajstić information content (AvgIpc) is 3.31. The Bertz CT molecular complexity index is 857. The van der Waals surface area contributed by atoms with Gasteiger partial charge in [0.15, 0.2) is 0 Å². The Morgan fingerprint density at radius 2 is 2.04 bits per heavy atom. The van der Waals surface area contributed by atoms with Crippen LogP contribution in [0.2, 0.25) is 5.02 Å². The molecule has 1 saturated carbocycles. The van der Waals surface area contributed by atoms with E-state index in [1.165, 1.54) is 18.4 Å². The smallest absolute Gasteiger partial charge is 0.219 e. The van der Waals surface area contributed by atoms with Crippen LogP contribution in [0.15, 0.2) is 49.1 Å². The zero-order chi connectivity index (χ0) is 15.8. The quantitative estimate of drug-likeness (QED) is 0.781. The number of rotatable bonds is 4. The van der Waals surface area contributed by atoms with Crippen molar-refractivity contribution in [2.24, 2.45) is 0 Å². The minimum atomic E-state index is 0.461. The lowest BCUT2D eigenvalue weighted by atomic mass is 10.2. The molecule has 1 aromatic carbocycles. The summed E-state index contributed by atoms with van der Waals surface area (Å²) in [5.41, 5.74) is 7.77. The molecular weight excluding hydrogens is 312 g/mol. The number of pyridine rings is 1. The Balaban J connectivity index is 1.58. The van der Waals surface area contributed by atoms with Crippen molar-refractivity contribution in [3.8, 4) is 17.3 Å². The normalized spacial score (nSPS) is 14.0. The van der Waals surface area contributed by atoms with E-state index in [1.807, 2.05) is 30.3 Å². The van der Waals surface area contributed by atoms with Crippen molar-refractivity contribution in [1.29, 1.82) is 0 Å². The Kier molecular flexibility index (Phi) is 3.42. The van der Waals surface area contributed by atoms with Gasteiger partial charge in [-0.25, -0.2) is 9.97 Å². The maximum atomic E-state index is 6.33. The molecule has 2 N–H and O–H groups in total. The van der Waals surface area contributed by atoms with Crippen LogP contribution in [0.25, 0.3) is 5.69 Å². The van der Waals surface area contributed by atoms with Gasteiger partial charge in [0.1, 0.15) is 17.9 Å². The molecule has 1 aliphatic carbocycles. The predicted molar refractivity (Wildman–Crippen MR) is 89.3 cm³/mol. The van der Waals surface area contributed by atoms with Crippen molar-refractivity contribution in [3.05, 3.63) is 59.6 Å². The molecule has 2 heterocycles. The second-order valence-electron chi connectivity index (χ2n) is 5.62. The van der Waals surface area contributed by atoms with Crippen LogP contribution in [0.3, 0.4) is 0 Å². The van der Waals surface area contributed by atoms with Gasteiger partial charge in [0, 0.05) is 18.0 Å². The molecule has 23 heavy (non-hydrogen) atoms. The van der Waals surface area contributed by atoms with E-state index in [9.17, 15) is 0 Å². The highest BCUT2D eigenvalue weighted by Gasteiger charge is 2.24. The number of hydrogen-bond acceptors (Lipinski definition) is 4. The maximum absolute atomic E-state index is 6.33. The number of aromatic nitrogens is 3. The molecule has 1 fully saturated rings. The van der Waals surface area contributed by atoms with Crippen LogP contribution in [0.4, 0.5) is 5.82 Å². The molecule has 0 saturated heterocycles. The molecule has 0 amide bonds. The summed E-state index contributed by atoms with van der Waals surface area (Å²) in [4.78, 5) is 8.26. The lowest BCUT2D eigenvalue weighted by Crippen LogP contribution is -1.93. The molecule has 1 aliphatic rings. The van der Waals surface area contributed by atoms with Crippen molar-refractivity contribution >= 4 is 17.4 Å². The third-order valence-electron chi connectivity index (χ3n) is 3.84. The van der Waals surface area contributed by atoms with Crippen LogP contribution in [0.1, 0.15) is 24.3 Å². The second-order valence-corrected chi connectivity index (χ2v) is 6.03. The van der Waals surface area contributed by atoms with Gasteiger partial charge in [-0.3, -0.25) is 0 Å². The lowest BCUT2D eigenvalue weighted by Gasteiger charge is -2.09. The zero-order valence-corrected chi connectivity index (χ0v) is 13.1. The van der Waals surface area contributed by atoms with Gasteiger partial charge in [0.05, 0.1) is 11.2 Å². The molecule has 4 rings (SSSR count). The van der Waals surface area contributed by atoms with E-state index in [1.54, 1.807) is 23.3 Å². The van der Waals surface area contributed by atoms with Crippen LogP contribution in [-0.2, 0) is 0 Å². The van der Waals surface area contributed by atoms with E-state index in [4.69, 9.17) is 22.1 Å². The SMILES string of the molecule is Nc1cn(-c2ccc(Oc3cc(C4CC4)ccn3)c(Cl)c2)cn1. The fraction of sp³-hybridized carbons (Fsp3) is 0.176. The highest BCUT2D eigenvalue weighted by atomic mass is 35.5. The molecule has 5 nitrogen and oxygen atoms in total. The van der Waals surface area contributed by atoms with E-state index < -0.39 is 0 Å². The predicted octanol–water partition coefficient (Wildman–Crippen LogP) is 4.17. The lowest BCUT2D eigenvalue weighted by molar-refractivity contribution is 0.462. The summed E-state index contributed by atoms with van der Waals surface area (Å²) >= 11 is 6.33. The first-order valence-electron chi connectivity index (χ1n) is 7.42.